The molecule has 0 bridgehead atoms. The van der Waals surface area contributed by atoms with E-state index in [1.165, 1.54) is 0 Å². The zero-order valence-electron chi connectivity index (χ0n) is 19.9. The molecule has 2 aliphatic rings. The Labute approximate surface area is 202 Å². The highest BCUT2D eigenvalue weighted by atomic mass is 16.7. The lowest BCUT2D eigenvalue weighted by atomic mass is 9.95. The molecule has 9 heteroatoms. The van der Waals surface area contributed by atoms with Crippen LogP contribution in [-0.4, -0.2) is 50.0 Å². The number of piperidine rings is 1. The number of aromatic nitrogens is 5. The molecule has 0 unspecified atom stereocenters. The second-order valence-corrected chi connectivity index (χ2v) is 9.60. The van der Waals surface area contributed by atoms with E-state index in [0.29, 0.717) is 23.9 Å². The number of fused-ring (bicyclic) bond motifs is 2. The van der Waals surface area contributed by atoms with Gasteiger partial charge in [0.1, 0.15) is 6.04 Å². The number of tetrazole rings is 1. The number of benzene rings is 2. The summed E-state index contributed by atoms with van der Waals surface area (Å²) < 4.78 is 12.8. The van der Waals surface area contributed by atoms with E-state index in [4.69, 9.17) is 9.47 Å². The molecule has 0 radical (unpaired) electrons. The molecule has 1 N–H and O–H groups in total. The molecule has 0 saturated carbocycles. The van der Waals surface area contributed by atoms with Gasteiger partial charge in [0.2, 0.25) is 6.79 Å². The number of aryl methyl sites for hydroxylation is 1. The van der Waals surface area contributed by atoms with Crippen LogP contribution in [-0.2, 0) is 6.54 Å². The Morgan fingerprint density at radius 2 is 1.94 bits per heavy atom. The number of rotatable bonds is 5. The van der Waals surface area contributed by atoms with E-state index in [9.17, 15) is 4.79 Å². The number of hydrogen-bond donors (Lipinski definition) is 1. The van der Waals surface area contributed by atoms with Crippen LogP contribution in [0, 0.1) is 12.8 Å². The van der Waals surface area contributed by atoms with Crippen molar-refractivity contribution in [3.05, 3.63) is 75.3 Å². The van der Waals surface area contributed by atoms with Crippen LogP contribution in [0.4, 0.5) is 0 Å². The van der Waals surface area contributed by atoms with Crippen molar-refractivity contribution in [1.29, 1.82) is 0 Å². The maximum atomic E-state index is 13.4. The van der Waals surface area contributed by atoms with Crippen LogP contribution >= 0.6 is 0 Å². The number of H-pyrrole nitrogens is 1. The minimum absolute atomic E-state index is 0.104. The van der Waals surface area contributed by atoms with E-state index >= 15 is 0 Å². The van der Waals surface area contributed by atoms with Gasteiger partial charge in [-0.1, -0.05) is 31.2 Å². The SMILES string of the molecule is Cc1cccc2cc([C@H](c3nnnn3Cc3ccc4c(c3)OCO4)N3CCC(C)CC3)c(=O)[nH]c12. The summed E-state index contributed by atoms with van der Waals surface area (Å²) in [6.07, 6.45) is 2.15. The summed E-state index contributed by atoms with van der Waals surface area (Å²) in [5.74, 6) is 2.79. The van der Waals surface area contributed by atoms with E-state index in [1.54, 1.807) is 4.68 Å². The number of aromatic amines is 1. The molecule has 1 fully saturated rings. The first-order valence-corrected chi connectivity index (χ1v) is 12.1. The van der Waals surface area contributed by atoms with Crippen molar-refractivity contribution in [2.45, 2.75) is 39.3 Å². The quantitative estimate of drug-likeness (QED) is 0.475. The van der Waals surface area contributed by atoms with Crippen molar-refractivity contribution in [2.24, 2.45) is 5.92 Å². The van der Waals surface area contributed by atoms with Gasteiger partial charge in [0.05, 0.1) is 12.1 Å². The van der Waals surface area contributed by atoms with Crippen LogP contribution in [0.15, 0.2) is 47.3 Å². The molecule has 0 aliphatic carbocycles. The minimum Gasteiger partial charge on any atom is -0.454 e. The van der Waals surface area contributed by atoms with Crippen LogP contribution in [0.3, 0.4) is 0 Å². The van der Waals surface area contributed by atoms with Crippen molar-refractivity contribution < 1.29 is 9.47 Å². The van der Waals surface area contributed by atoms with Gasteiger partial charge in [-0.2, -0.15) is 0 Å². The van der Waals surface area contributed by atoms with Crippen LogP contribution in [0.2, 0.25) is 0 Å². The Kier molecular flexibility index (Phi) is 5.49. The third kappa shape index (κ3) is 4.05. The van der Waals surface area contributed by atoms with Crippen molar-refractivity contribution >= 4 is 10.9 Å². The zero-order chi connectivity index (χ0) is 23.9. The fourth-order valence-corrected chi connectivity index (χ4v) is 5.12. The summed E-state index contributed by atoms with van der Waals surface area (Å²) in [7, 11) is 0. The standard InChI is InChI=1S/C26H28N6O3/c1-16-8-10-31(11-9-16)24(20-13-19-5-3-4-17(2)23(19)27-26(20)33)25-28-29-30-32(25)14-18-6-7-21-22(12-18)35-15-34-21/h3-7,12-13,16,24H,8-11,14-15H2,1-2H3,(H,27,33)/t24-/m1/s1. The summed E-state index contributed by atoms with van der Waals surface area (Å²) in [5, 5.41) is 13.8. The summed E-state index contributed by atoms with van der Waals surface area (Å²) in [4.78, 5) is 18.9. The van der Waals surface area contributed by atoms with Crippen LogP contribution < -0.4 is 15.0 Å². The summed E-state index contributed by atoms with van der Waals surface area (Å²) in [6.45, 7) is 6.75. The number of hydrogen-bond acceptors (Lipinski definition) is 7. The molecule has 2 aliphatic heterocycles. The number of nitrogens with one attached hydrogen (secondary N) is 1. The minimum atomic E-state index is -0.347. The first-order valence-electron chi connectivity index (χ1n) is 12.1. The van der Waals surface area contributed by atoms with Crippen LogP contribution in [0.5, 0.6) is 11.5 Å². The van der Waals surface area contributed by atoms with Gasteiger partial charge in [0.25, 0.3) is 5.56 Å². The first kappa shape index (κ1) is 21.8. The molecule has 35 heavy (non-hydrogen) atoms. The Morgan fingerprint density at radius 1 is 1.11 bits per heavy atom. The largest absolute Gasteiger partial charge is 0.454 e. The monoisotopic (exact) mass is 472 g/mol. The van der Waals surface area contributed by atoms with Gasteiger partial charge in [-0.15, -0.1) is 5.10 Å². The number of para-hydroxylation sites is 1. The summed E-state index contributed by atoms with van der Waals surface area (Å²) in [6, 6.07) is 13.6. The predicted octanol–water partition coefficient (Wildman–Crippen LogP) is 3.42. The summed E-state index contributed by atoms with van der Waals surface area (Å²) >= 11 is 0. The van der Waals surface area contributed by atoms with Gasteiger partial charge in [0.15, 0.2) is 17.3 Å². The molecule has 1 saturated heterocycles. The molecule has 180 valence electrons. The second kappa shape index (κ2) is 8.81. The average Bonchev–Trinajstić information content (AvgIpc) is 3.51. The van der Waals surface area contributed by atoms with Crippen LogP contribution in [0.1, 0.15) is 48.3 Å². The van der Waals surface area contributed by atoms with E-state index in [1.807, 2.05) is 49.4 Å². The second-order valence-electron chi connectivity index (χ2n) is 9.60. The molecule has 2 aromatic heterocycles. The van der Waals surface area contributed by atoms with Gasteiger partial charge in [-0.3, -0.25) is 9.69 Å². The third-order valence-corrected chi connectivity index (χ3v) is 7.17. The number of likely N-dealkylation sites (tertiary alicyclic amines) is 1. The number of nitrogens with zero attached hydrogens (tertiary/aromatic N) is 5. The van der Waals surface area contributed by atoms with Crippen molar-refractivity contribution in [1.82, 2.24) is 30.1 Å². The van der Waals surface area contributed by atoms with E-state index in [2.05, 4.69) is 32.3 Å². The van der Waals surface area contributed by atoms with Crippen molar-refractivity contribution in [3.63, 3.8) is 0 Å². The van der Waals surface area contributed by atoms with Crippen LogP contribution in [0.25, 0.3) is 10.9 Å². The van der Waals surface area contributed by atoms with Crippen molar-refractivity contribution in [2.75, 3.05) is 19.9 Å². The lowest BCUT2D eigenvalue weighted by Crippen LogP contribution is -2.40. The smallest absolute Gasteiger partial charge is 0.253 e. The van der Waals surface area contributed by atoms with E-state index < -0.39 is 0 Å². The molecule has 9 nitrogen and oxygen atoms in total. The van der Waals surface area contributed by atoms with E-state index in [-0.39, 0.29) is 18.4 Å². The third-order valence-electron chi connectivity index (χ3n) is 7.17. The predicted molar refractivity (Wildman–Crippen MR) is 131 cm³/mol. The lowest BCUT2D eigenvalue weighted by Gasteiger charge is -2.35. The highest BCUT2D eigenvalue weighted by Gasteiger charge is 2.32. The normalized spacial score (nSPS) is 17.2. The Bertz CT molecular complexity index is 1440. The highest BCUT2D eigenvalue weighted by molar-refractivity contribution is 5.82. The van der Waals surface area contributed by atoms with Gasteiger partial charge < -0.3 is 14.5 Å². The molecule has 0 spiro atoms. The zero-order valence-corrected chi connectivity index (χ0v) is 19.9. The fourth-order valence-electron chi connectivity index (χ4n) is 5.12. The maximum Gasteiger partial charge on any atom is 0.253 e. The Morgan fingerprint density at radius 3 is 2.80 bits per heavy atom. The Balaban J connectivity index is 1.43. The van der Waals surface area contributed by atoms with Gasteiger partial charge in [-0.05, 0) is 83.9 Å². The molecule has 0 amide bonds. The van der Waals surface area contributed by atoms with Gasteiger partial charge in [-0.25, -0.2) is 4.68 Å². The number of pyridine rings is 1. The highest BCUT2D eigenvalue weighted by Crippen LogP contribution is 2.34. The molecule has 1 atom stereocenters. The fraction of sp³-hybridized carbons (Fsp3) is 0.385. The molecule has 4 heterocycles. The molecule has 2 aromatic carbocycles. The Hall–Kier alpha value is -3.72. The van der Waals surface area contributed by atoms with Gasteiger partial charge >= 0.3 is 0 Å². The van der Waals surface area contributed by atoms with E-state index in [0.717, 1.165) is 59.5 Å². The molecular weight excluding hydrogens is 444 g/mol. The molecule has 6 rings (SSSR count). The lowest BCUT2D eigenvalue weighted by molar-refractivity contribution is 0.149. The first-order chi connectivity index (χ1) is 17.1. The van der Waals surface area contributed by atoms with Gasteiger partial charge in [0, 0.05) is 5.56 Å². The number of ether oxygens (including phenoxy) is 2. The molecular formula is C26H28N6O3. The maximum absolute atomic E-state index is 13.4. The summed E-state index contributed by atoms with van der Waals surface area (Å²) in [5.41, 5.74) is 3.47. The van der Waals surface area contributed by atoms with Crippen molar-refractivity contribution in [3.8, 4) is 11.5 Å². The molecule has 4 aromatic rings. The average molecular weight is 473 g/mol. The topological polar surface area (TPSA) is 98.2 Å².